The van der Waals surface area contributed by atoms with Crippen LogP contribution in [0.25, 0.3) is 21.6 Å². The summed E-state index contributed by atoms with van der Waals surface area (Å²) < 4.78 is 0. The van der Waals surface area contributed by atoms with Crippen molar-refractivity contribution >= 4 is 39.1 Å². The molecule has 0 fully saturated rings. The second-order valence-corrected chi connectivity index (χ2v) is 6.46. The lowest BCUT2D eigenvalue weighted by molar-refractivity contribution is 0.971. The van der Waals surface area contributed by atoms with E-state index < -0.39 is 0 Å². The maximum atomic E-state index is 4.71. The molecule has 1 aromatic carbocycles. The van der Waals surface area contributed by atoms with E-state index in [9.17, 15) is 0 Å². The molecule has 0 radical (unpaired) electrons. The Morgan fingerprint density at radius 3 is 2.67 bits per heavy atom. The molecule has 0 aliphatic carbocycles. The van der Waals surface area contributed by atoms with Crippen molar-refractivity contribution < 1.29 is 0 Å². The normalized spacial score (nSPS) is 11.0. The number of nitrogens with zero attached hydrogens (tertiary/aromatic N) is 2. The summed E-state index contributed by atoms with van der Waals surface area (Å²) in [7, 11) is 0. The first-order valence-corrected chi connectivity index (χ1v) is 9.06. The molecule has 0 unspecified atom stereocenters. The summed E-state index contributed by atoms with van der Waals surface area (Å²) in [6.45, 7) is 3.08. The molecule has 0 atom stereocenters. The Kier molecular flexibility index (Phi) is 4.41. The van der Waals surface area contributed by atoms with Gasteiger partial charge < -0.3 is 5.32 Å². The molecule has 0 aliphatic heterocycles. The Morgan fingerprint density at radius 2 is 1.95 bits per heavy atom. The molecule has 3 nitrogen and oxygen atoms in total. The number of fused-ring (bicyclic) bond motifs is 1. The Labute approximate surface area is 132 Å². The fraction of sp³-hybridized carbons (Fsp3) is 0.250. The largest absolute Gasteiger partial charge is 0.369 e. The highest BCUT2D eigenvalue weighted by Gasteiger charge is 2.10. The Hall–Kier alpha value is -1.59. The summed E-state index contributed by atoms with van der Waals surface area (Å²) in [5, 5.41) is 6.58. The molecule has 0 saturated heterocycles. The summed E-state index contributed by atoms with van der Waals surface area (Å²) in [5.74, 6) is 1.73. The topological polar surface area (TPSA) is 37.8 Å². The zero-order valence-electron chi connectivity index (χ0n) is 12.1. The minimum atomic E-state index is 0.788. The van der Waals surface area contributed by atoms with Crippen LogP contribution >= 0.6 is 23.1 Å². The van der Waals surface area contributed by atoms with Crippen LogP contribution in [0, 0.1) is 0 Å². The van der Waals surface area contributed by atoms with Gasteiger partial charge in [-0.05, 0) is 36.3 Å². The second kappa shape index (κ2) is 6.45. The van der Waals surface area contributed by atoms with E-state index in [2.05, 4.69) is 54.2 Å². The number of hydrogen-bond donors (Lipinski definition) is 1. The first kappa shape index (κ1) is 14.4. The predicted molar refractivity (Wildman–Crippen MR) is 93.4 cm³/mol. The number of thioether (sulfide) groups is 1. The predicted octanol–water partition coefficient (Wildman–Crippen LogP) is 4.90. The molecule has 2 heterocycles. The van der Waals surface area contributed by atoms with Gasteiger partial charge in [0.1, 0.15) is 10.6 Å². The molecule has 108 valence electrons. The van der Waals surface area contributed by atoms with Crippen molar-refractivity contribution in [3.63, 3.8) is 0 Å². The zero-order chi connectivity index (χ0) is 14.7. The first-order chi connectivity index (χ1) is 10.3. The van der Waals surface area contributed by atoms with Crippen LogP contribution in [0.15, 0.2) is 40.6 Å². The monoisotopic (exact) mass is 315 g/mol. The van der Waals surface area contributed by atoms with E-state index in [1.807, 2.05) is 0 Å². The molecular formula is C16H17N3S2. The van der Waals surface area contributed by atoms with Gasteiger partial charge in [0, 0.05) is 17.0 Å². The number of thiophene rings is 1. The van der Waals surface area contributed by atoms with Crippen LogP contribution in [-0.2, 0) is 0 Å². The van der Waals surface area contributed by atoms with E-state index >= 15 is 0 Å². The van der Waals surface area contributed by atoms with Crippen molar-refractivity contribution in [2.45, 2.75) is 18.2 Å². The summed E-state index contributed by atoms with van der Waals surface area (Å²) in [6, 6.07) is 10.5. The van der Waals surface area contributed by atoms with Gasteiger partial charge in [-0.15, -0.1) is 23.1 Å². The highest BCUT2D eigenvalue weighted by molar-refractivity contribution is 7.98. The number of aromatic nitrogens is 2. The second-order valence-electron chi connectivity index (χ2n) is 4.69. The molecule has 3 rings (SSSR count). The van der Waals surface area contributed by atoms with Crippen molar-refractivity contribution in [2.75, 3.05) is 18.1 Å². The third-order valence-electron chi connectivity index (χ3n) is 3.22. The van der Waals surface area contributed by atoms with Crippen LogP contribution in [-0.4, -0.2) is 22.8 Å². The summed E-state index contributed by atoms with van der Waals surface area (Å²) in [5.41, 5.74) is 1.06. The van der Waals surface area contributed by atoms with Gasteiger partial charge in [0.2, 0.25) is 0 Å². The Balaban J connectivity index is 2.04. The van der Waals surface area contributed by atoms with Crippen LogP contribution in [0.5, 0.6) is 0 Å². The smallest absolute Gasteiger partial charge is 0.163 e. The van der Waals surface area contributed by atoms with E-state index in [0.717, 1.165) is 40.4 Å². The minimum absolute atomic E-state index is 0.788. The number of benzene rings is 1. The molecule has 3 aromatic rings. The number of rotatable bonds is 5. The van der Waals surface area contributed by atoms with Crippen molar-refractivity contribution in [1.29, 1.82) is 0 Å². The van der Waals surface area contributed by atoms with Crippen LogP contribution in [0.4, 0.5) is 5.82 Å². The van der Waals surface area contributed by atoms with Crippen LogP contribution in [0.2, 0.25) is 0 Å². The van der Waals surface area contributed by atoms with E-state index in [4.69, 9.17) is 9.97 Å². The highest BCUT2D eigenvalue weighted by atomic mass is 32.2. The van der Waals surface area contributed by atoms with Gasteiger partial charge in [0.25, 0.3) is 0 Å². The van der Waals surface area contributed by atoms with Gasteiger partial charge in [-0.1, -0.05) is 19.1 Å². The lowest BCUT2D eigenvalue weighted by atomic mass is 10.2. The molecule has 2 aromatic heterocycles. The third kappa shape index (κ3) is 3.04. The van der Waals surface area contributed by atoms with Crippen molar-refractivity contribution in [1.82, 2.24) is 9.97 Å². The molecule has 0 amide bonds. The standard InChI is InChI=1S/C16H17N3S2/c1-3-9-17-15-13-8-10-21-16(13)19-14(18-15)11-4-6-12(20-2)7-5-11/h4-8,10H,3,9H2,1-2H3,(H,17,18,19). The first-order valence-electron chi connectivity index (χ1n) is 6.95. The van der Waals surface area contributed by atoms with E-state index in [1.54, 1.807) is 23.1 Å². The fourth-order valence-electron chi connectivity index (χ4n) is 2.10. The molecule has 5 heteroatoms. The summed E-state index contributed by atoms with van der Waals surface area (Å²) >= 11 is 3.40. The minimum Gasteiger partial charge on any atom is -0.369 e. The lowest BCUT2D eigenvalue weighted by Gasteiger charge is -2.08. The molecule has 21 heavy (non-hydrogen) atoms. The Bertz CT molecular complexity index is 735. The van der Waals surface area contributed by atoms with Gasteiger partial charge in [0.05, 0.1) is 5.39 Å². The molecule has 1 N–H and O–H groups in total. The van der Waals surface area contributed by atoms with Gasteiger partial charge in [-0.3, -0.25) is 0 Å². The third-order valence-corrected chi connectivity index (χ3v) is 4.77. The van der Waals surface area contributed by atoms with Crippen LogP contribution < -0.4 is 5.32 Å². The SMILES string of the molecule is CCCNc1nc(-c2ccc(SC)cc2)nc2sccc12. The highest BCUT2D eigenvalue weighted by Crippen LogP contribution is 2.29. The fourth-order valence-corrected chi connectivity index (χ4v) is 3.27. The quantitative estimate of drug-likeness (QED) is 0.679. The van der Waals surface area contributed by atoms with E-state index in [-0.39, 0.29) is 0 Å². The lowest BCUT2D eigenvalue weighted by Crippen LogP contribution is -2.03. The van der Waals surface area contributed by atoms with E-state index in [1.165, 1.54) is 4.90 Å². The van der Waals surface area contributed by atoms with Gasteiger partial charge in [-0.2, -0.15) is 0 Å². The van der Waals surface area contributed by atoms with Crippen LogP contribution in [0.3, 0.4) is 0 Å². The summed E-state index contributed by atoms with van der Waals surface area (Å²) in [6.07, 6.45) is 3.16. The van der Waals surface area contributed by atoms with Gasteiger partial charge in [-0.25, -0.2) is 9.97 Å². The molecular weight excluding hydrogens is 298 g/mol. The number of anilines is 1. The molecule has 0 spiro atoms. The maximum Gasteiger partial charge on any atom is 0.163 e. The Morgan fingerprint density at radius 1 is 1.14 bits per heavy atom. The van der Waals surface area contributed by atoms with Crippen molar-refractivity contribution in [3.05, 3.63) is 35.7 Å². The average Bonchev–Trinajstić information content (AvgIpc) is 3.01. The molecule has 0 aliphatic rings. The summed E-state index contributed by atoms with van der Waals surface area (Å²) in [4.78, 5) is 11.7. The van der Waals surface area contributed by atoms with E-state index in [0.29, 0.717) is 0 Å². The number of nitrogens with one attached hydrogen (secondary N) is 1. The molecule has 0 saturated carbocycles. The maximum absolute atomic E-state index is 4.71. The van der Waals surface area contributed by atoms with Crippen molar-refractivity contribution in [2.24, 2.45) is 0 Å². The number of hydrogen-bond acceptors (Lipinski definition) is 5. The van der Waals surface area contributed by atoms with Gasteiger partial charge in [0.15, 0.2) is 5.82 Å². The zero-order valence-corrected chi connectivity index (χ0v) is 13.7. The molecule has 0 bridgehead atoms. The average molecular weight is 315 g/mol. The van der Waals surface area contributed by atoms with Crippen molar-refractivity contribution in [3.8, 4) is 11.4 Å². The van der Waals surface area contributed by atoms with Gasteiger partial charge >= 0.3 is 0 Å². The van der Waals surface area contributed by atoms with Crippen LogP contribution in [0.1, 0.15) is 13.3 Å².